The smallest absolute Gasteiger partial charge is 0.335 e. The standard InChI is InChI=1S/C14H20N2O3/c1-2-4-12(15)13(17)16-8-7-10-5-3-6-11(9-10)14(18)19/h3,5-6,9,12H,2,4,7-8,15H2,1H3,(H,16,17)(H,18,19)/t12-/m0/s1. The summed E-state index contributed by atoms with van der Waals surface area (Å²) in [4.78, 5) is 22.4. The molecule has 0 aliphatic carbocycles. The highest BCUT2D eigenvalue weighted by molar-refractivity contribution is 5.87. The minimum absolute atomic E-state index is 0.156. The van der Waals surface area contributed by atoms with E-state index in [1.165, 1.54) is 0 Å². The molecule has 0 spiro atoms. The second-order valence-electron chi connectivity index (χ2n) is 4.44. The molecule has 19 heavy (non-hydrogen) atoms. The van der Waals surface area contributed by atoms with E-state index in [-0.39, 0.29) is 11.5 Å². The van der Waals surface area contributed by atoms with Gasteiger partial charge >= 0.3 is 5.97 Å². The van der Waals surface area contributed by atoms with Crippen LogP contribution in [0, 0.1) is 0 Å². The number of nitrogens with one attached hydrogen (secondary N) is 1. The third-order valence-electron chi connectivity index (χ3n) is 2.82. The van der Waals surface area contributed by atoms with Crippen molar-refractivity contribution >= 4 is 11.9 Å². The molecule has 1 aromatic rings. The number of nitrogens with two attached hydrogens (primary N) is 1. The minimum Gasteiger partial charge on any atom is -0.478 e. The fraction of sp³-hybridized carbons (Fsp3) is 0.429. The number of aromatic carboxylic acids is 1. The Kier molecular flexibility index (Phi) is 6.02. The first-order chi connectivity index (χ1) is 9.04. The molecular formula is C14H20N2O3. The fourth-order valence-corrected chi connectivity index (χ4v) is 1.76. The van der Waals surface area contributed by atoms with Crippen molar-refractivity contribution in [2.75, 3.05) is 6.54 Å². The van der Waals surface area contributed by atoms with Crippen molar-refractivity contribution in [2.24, 2.45) is 5.73 Å². The Morgan fingerprint density at radius 1 is 1.42 bits per heavy atom. The molecule has 1 amide bonds. The maximum atomic E-state index is 11.6. The van der Waals surface area contributed by atoms with Crippen molar-refractivity contribution in [3.63, 3.8) is 0 Å². The first-order valence-corrected chi connectivity index (χ1v) is 6.40. The lowest BCUT2D eigenvalue weighted by Crippen LogP contribution is -2.41. The number of carbonyl (C=O) groups is 2. The summed E-state index contributed by atoms with van der Waals surface area (Å²) in [5.41, 5.74) is 6.82. The summed E-state index contributed by atoms with van der Waals surface area (Å²) < 4.78 is 0. The van der Waals surface area contributed by atoms with Crippen LogP contribution in [0.5, 0.6) is 0 Å². The highest BCUT2D eigenvalue weighted by Gasteiger charge is 2.11. The van der Waals surface area contributed by atoms with Crippen molar-refractivity contribution < 1.29 is 14.7 Å². The highest BCUT2D eigenvalue weighted by atomic mass is 16.4. The third kappa shape index (κ3) is 5.09. The number of carboxylic acid groups (broad SMARTS) is 1. The van der Waals surface area contributed by atoms with Crippen molar-refractivity contribution in [3.8, 4) is 0 Å². The number of rotatable bonds is 7. The van der Waals surface area contributed by atoms with Gasteiger partial charge in [-0.3, -0.25) is 4.79 Å². The van der Waals surface area contributed by atoms with Crippen LogP contribution >= 0.6 is 0 Å². The molecule has 0 bridgehead atoms. The van der Waals surface area contributed by atoms with Gasteiger partial charge in [0, 0.05) is 6.54 Å². The van der Waals surface area contributed by atoms with Gasteiger partial charge in [-0.05, 0) is 30.5 Å². The molecule has 1 rings (SSSR count). The number of carboxylic acids is 1. The SMILES string of the molecule is CCC[C@H](N)C(=O)NCCc1cccc(C(=O)O)c1. The van der Waals surface area contributed by atoms with Gasteiger partial charge in [0.25, 0.3) is 0 Å². The maximum Gasteiger partial charge on any atom is 0.335 e. The van der Waals surface area contributed by atoms with Gasteiger partial charge in [-0.2, -0.15) is 0 Å². The van der Waals surface area contributed by atoms with E-state index in [0.717, 1.165) is 12.0 Å². The Bertz CT molecular complexity index is 446. The highest BCUT2D eigenvalue weighted by Crippen LogP contribution is 2.05. The minimum atomic E-state index is -0.948. The first-order valence-electron chi connectivity index (χ1n) is 6.40. The van der Waals surface area contributed by atoms with Crippen LogP contribution in [-0.4, -0.2) is 29.6 Å². The second-order valence-corrected chi connectivity index (χ2v) is 4.44. The van der Waals surface area contributed by atoms with Gasteiger partial charge < -0.3 is 16.2 Å². The number of carbonyl (C=O) groups excluding carboxylic acids is 1. The lowest BCUT2D eigenvalue weighted by molar-refractivity contribution is -0.122. The predicted molar refractivity (Wildman–Crippen MR) is 73.0 cm³/mol. The molecular weight excluding hydrogens is 244 g/mol. The largest absolute Gasteiger partial charge is 0.478 e. The van der Waals surface area contributed by atoms with Crippen LogP contribution in [0.1, 0.15) is 35.7 Å². The Balaban J connectivity index is 2.43. The van der Waals surface area contributed by atoms with E-state index in [1.54, 1.807) is 18.2 Å². The Labute approximate surface area is 112 Å². The molecule has 0 unspecified atom stereocenters. The summed E-state index contributed by atoms with van der Waals surface area (Å²) in [6.45, 7) is 2.43. The molecule has 0 saturated carbocycles. The Morgan fingerprint density at radius 2 is 2.16 bits per heavy atom. The third-order valence-corrected chi connectivity index (χ3v) is 2.82. The van der Waals surface area contributed by atoms with Gasteiger partial charge in [0.15, 0.2) is 0 Å². The lowest BCUT2D eigenvalue weighted by atomic mass is 10.1. The predicted octanol–water partition coefficient (Wildman–Crippen LogP) is 1.17. The summed E-state index contributed by atoms with van der Waals surface area (Å²) in [5, 5.41) is 11.6. The molecule has 0 aliphatic heterocycles. The average molecular weight is 264 g/mol. The van der Waals surface area contributed by atoms with Crippen LogP contribution in [0.4, 0.5) is 0 Å². The van der Waals surface area contributed by atoms with E-state index in [4.69, 9.17) is 10.8 Å². The Hall–Kier alpha value is -1.88. The normalized spacial score (nSPS) is 11.9. The van der Waals surface area contributed by atoms with Crippen molar-refractivity contribution in [1.29, 1.82) is 0 Å². The van der Waals surface area contributed by atoms with Gasteiger partial charge in [0.05, 0.1) is 11.6 Å². The molecule has 5 nitrogen and oxygen atoms in total. The lowest BCUT2D eigenvalue weighted by Gasteiger charge is -2.11. The van der Waals surface area contributed by atoms with Crippen molar-refractivity contribution in [2.45, 2.75) is 32.2 Å². The number of hydrogen-bond donors (Lipinski definition) is 3. The topological polar surface area (TPSA) is 92.4 Å². The summed E-state index contributed by atoms with van der Waals surface area (Å²) in [7, 11) is 0. The molecule has 1 aromatic carbocycles. The van der Waals surface area contributed by atoms with E-state index in [9.17, 15) is 9.59 Å². The number of amides is 1. The van der Waals surface area contributed by atoms with Crippen LogP contribution < -0.4 is 11.1 Å². The zero-order valence-electron chi connectivity index (χ0n) is 11.1. The Morgan fingerprint density at radius 3 is 2.79 bits per heavy atom. The molecule has 0 fully saturated rings. The van der Waals surface area contributed by atoms with Crippen LogP contribution in [0.3, 0.4) is 0 Å². The fourth-order valence-electron chi connectivity index (χ4n) is 1.76. The molecule has 1 atom stereocenters. The van der Waals surface area contributed by atoms with Crippen LogP contribution in [0.25, 0.3) is 0 Å². The van der Waals surface area contributed by atoms with Gasteiger partial charge in [-0.15, -0.1) is 0 Å². The van der Waals surface area contributed by atoms with Crippen molar-refractivity contribution in [3.05, 3.63) is 35.4 Å². The van der Waals surface area contributed by atoms with Crippen LogP contribution in [0.2, 0.25) is 0 Å². The quantitative estimate of drug-likeness (QED) is 0.689. The van der Waals surface area contributed by atoms with E-state index < -0.39 is 12.0 Å². The molecule has 0 saturated heterocycles. The van der Waals surface area contributed by atoms with E-state index in [0.29, 0.717) is 19.4 Å². The van der Waals surface area contributed by atoms with Gasteiger partial charge in [0.2, 0.25) is 5.91 Å². The van der Waals surface area contributed by atoms with Gasteiger partial charge in [-0.25, -0.2) is 4.79 Å². The zero-order valence-corrected chi connectivity index (χ0v) is 11.1. The zero-order chi connectivity index (χ0) is 14.3. The molecule has 0 aliphatic rings. The van der Waals surface area contributed by atoms with Crippen molar-refractivity contribution in [1.82, 2.24) is 5.32 Å². The van der Waals surface area contributed by atoms with Gasteiger partial charge in [-0.1, -0.05) is 25.5 Å². The first kappa shape index (κ1) is 15.2. The van der Waals surface area contributed by atoms with Gasteiger partial charge in [0.1, 0.15) is 0 Å². The average Bonchev–Trinajstić information content (AvgIpc) is 2.39. The van der Waals surface area contributed by atoms with E-state index >= 15 is 0 Å². The van der Waals surface area contributed by atoms with Crippen LogP contribution in [0.15, 0.2) is 24.3 Å². The second kappa shape index (κ2) is 7.53. The maximum absolute atomic E-state index is 11.6. The number of benzene rings is 1. The molecule has 0 radical (unpaired) electrons. The molecule has 0 aromatic heterocycles. The molecule has 4 N–H and O–H groups in total. The summed E-state index contributed by atoms with van der Waals surface area (Å²) in [5.74, 6) is -1.10. The van der Waals surface area contributed by atoms with E-state index in [1.807, 2.05) is 13.0 Å². The summed E-state index contributed by atoms with van der Waals surface area (Å²) in [6.07, 6.45) is 2.13. The molecule has 0 heterocycles. The molecule has 5 heteroatoms. The van der Waals surface area contributed by atoms with E-state index in [2.05, 4.69) is 5.32 Å². The number of hydrogen-bond acceptors (Lipinski definition) is 3. The summed E-state index contributed by atoms with van der Waals surface area (Å²) >= 11 is 0. The van der Waals surface area contributed by atoms with Crippen LogP contribution in [-0.2, 0) is 11.2 Å². The molecule has 104 valence electrons. The summed E-state index contributed by atoms with van der Waals surface area (Å²) in [6, 6.07) is 6.23. The monoisotopic (exact) mass is 264 g/mol.